The van der Waals surface area contributed by atoms with Gasteiger partial charge in [0, 0.05) is 37.6 Å². The standard InChI is InChI=1S/C17H17F3N4O2/c18-17(19,20)12-4-5-14(21-9-12)24-7-1-2-13(10-24)23-16(26)11-3-6-15(25)22-8-11/h3-6,8-9,13H,1-2,7,10H2,(H,22,25)(H,23,26)/t13-/m1/s1. The van der Waals surface area contributed by atoms with Crippen molar-refractivity contribution >= 4 is 11.7 Å². The summed E-state index contributed by atoms with van der Waals surface area (Å²) in [6.45, 7) is 1.11. The number of carbonyl (C=O) groups is 1. The minimum absolute atomic E-state index is 0.160. The molecule has 1 aliphatic heterocycles. The van der Waals surface area contributed by atoms with E-state index in [2.05, 4.69) is 15.3 Å². The average molecular weight is 366 g/mol. The fourth-order valence-corrected chi connectivity index (χ4v) is 2.86. The largest absolute Gasteiger partial charge is 0.417 e. The highest BCUT2D eigenvalue weighted by atomic mass is 19.4. The van der Waals surface area contributed by atoms with Gasteiger partial charge in [0.25, 0.3) is 5.91 Å². The Balaban J connectivity index is 1.64. The van der Waals surface area contributed by atoms with Crippen molar-refractivity contribution < 1.29 is 18.0 Å². The van der Waals surface area contributed by atoms with Gasteiger partial charge in [0.2, 0.25) is 5.56 Å². The molecule has 0 aliphatic carbocycles. The van der Waals surface area contributed by atoms with Gasteiger partial charge in [-0.1, -0.05) is 0 Å². The maximum atomic E-state index is 12.6. The van der Waals surface area contributed by atoms with E-state index >= 15 is 0 Å². The van der Waals surface area contributed by atoms with Gasteiger partial charge in [-0.15, -0.1) is 0 Å². The lowest BCUT2D eigenvalue weighted by molar-refractivity contribution is -0.137. The lowest BCUT2D eigenvalue weighted by Crippen LogP contribution is -2.48. The molecule has 3 heterocycles. The second-order valence-corrected chi connectivity index (χ2v) is 6.10. The number of hydrogen-bond donors (Lipinski definition) is 2. The number of rotatable bonds is 3. The van der Waals surface area contributed by atoms with Crippen LogP contribution in [-0.4, -0.2) is 35.0 Å². The number of hydrogen-bond acceptors (Lipinski definition) is 4. The Bertz CT molecular complexity index is 813. The molecule has 0 spiro atoms. The van der Waals surface area contributed by atoms with Crippen LogP contribution >= 0.6 is 0 Å². The number of nitrogens with zero attached hydrogens (tertiary/aromatic N) is 2. The molecule has 138 valence electrons. The first-order valence-corrected chi connectivity index (χ1v) is 8.11. The number of halogens is 3. The van der Waals surface area contributed by atoms with Crippen molar-refractivity contribution in [1.82, 2.24) is 15.3 Å². The highest BCUT2D eigenvalue weighted by Crippen LogP contribution is 2.29. The van der Waals surface area contributed by atoms with Crippen molar-refractivity contribution in [3.8, 4) is 0 Å². The van der Waals surface area contributed by atoms with E-state index in [0.717, 1.165) is 25.1 Å². The summed E-state index contributed by atoms with van der Waals surface area (Å²) in [6.07, 6.45) is -0.723. The Morgan fingerprint density at radius 2 is 2.08 bits per heavy atom. The summed E-state index contributed by atoms with van der Waals surface area (Å²) in [6, 6.07) is 4.90. The van der Waals surface area contributed by atoms with Gasteiger partial charge in [-0.05, 0) is 31.0 Å². The second-order valence-electron chi connectivity index (χ2n) is 6.10. The third-order valence-electron chi connectivity index (χ3n) is 4.20. The molecule has 1 aliphatic rings. The smallest absolute Gasteiger partial charge is 0.355 e. The lowest BCUT2D eigenvalue weighted by atomic mass is 10.0. The van der Waals surface area contributed by atoms with Gasteiger partial charge in [-0.3, -0.25) is 9.59 Å². The Kier molecular flexibility index (Phi) is 4.97. The number of nitrogens with one attached hydrogen (secondary N) is 2. The molecule has 6 nitrogen and oxygen atoms in total. The van der Waals surface area contributed by atoms with Gasteiger partial charge in [0.05, 0.1) is 11.1 Å². The maximum absolute atomic E-state index is 12.6. The molecule has 2 aromatic rings. The van der Waals surface area contributed by atoms with Gasteiger partial charge in [-0.2, -0.15) is 13.2 Å². The monoisotopic (exact) mass is 366 g/mol. The zero-order chi connectivity index (χ0) is 18.7. The molecule has 1 amide bonds. The SMILES string of the molecule is O=C(N[C@@H]1CCCN(c2ccc(C(F)(F)F)cn2)C1)c1ccc(=O)[nH]c1. The highest BCUT2D eigenvalue weighted by molar-refractivity contribution is 5.94. The second kappa shape index (κ2) is 7.19. The average Bonchev–Trinajstić information content (AvgIpc) is 2.62. The zero-order valence-corrected chi connectivity index (χ0v) is 13.7. The lowest BCUT2D eigenvalue weighted by Gasteiger charge is -2.34. The Morgan fingerprint density at radius 1 is 1.27 bits per heavy atom. The number of aromatic amines is 1. The van der Waals surface area contributed by atoms with Crippen LogP contribution in [0.2, 0.25) is 0 Å². The van der Waals surface area contributed by atoms with E-state index in [-0.39, 0.29) is 17.5 Å². The Hall–Kier alpha value is -2.84. The topological polar surface area (TPSA) is 78.1 Å². The minimum Gasteiger partial charge on any atom is -0.355 e. The van der Waals surface area contributed by atoms with Crippen LogP contribution < -0.4 is 15.8 Å². The third kappa shape index (κ3) is 4.22. The Morgan fingerprint density at radius 3 is 2.69 bits per heavy atom. The van der Waals surface area contributed by atoms with Crippen molar-refractivity contribution in [3.63, 3.8) is 0 Å². The summed E-state index contributed by atoms with van der Waals surface area (Å²) >= 11 is 0. The van der Waals surface area contributed by atoms with E-state index in [9.17, 15) is 22.8 Å². The molecule has 1 atom stereocenters. The predicted molar refractivity (Wildman–Crippen MR) is 89.0 cm³/mol. The van der Waals surface area contributed by atoms with Crippen LogP contribution in [0.5, 0.6) is 0 Å². The van der Waals surface area contributed by atoms with Gasteiger partial charge in [0.15, 0.2) is 0 Å². The first-order valence-electron chi connectivity index (χ1n) is 8.11. The number of alkyl halides is 3. The first-order chi connectivity index (χ1) is 12.3. The van der Waals surface area contributed by atoms with Crippen LogP contribution in [0.25, 0.3) is 0 Å². The van der Waals surface area contributed by atoms with E-state index in [0.29, 0.717) is 24.5 Å². The molecular formula is C17H17F3N4O2. The first kappa shape index (κ1) is 18.0. The summed E-state index contributed by atoms with van der Waals surface area (Å²) in [5.41, 5.74) is -0.741. The fraction of sp³-hybridized carbons (Fsp3) is 0.353. The van der Waals surface area contributed by atoms with E-state index in [4.69, 9.17) is 0 Å². The van der Waals surface area contributed by atoms with Crippen molar-refractivity contribution in [2.75, 3.05) is 18.0 Å². The molecule has 1 fully saturated rings. The molecule has 3 rings (SSSR count). The molecule has 1 saturated heterocycles. The summed E-state index contributed by atoms with van der Waals surface area (Å²) < 4.78 is 37.9. The molecule has 26 heavy (non-hydrogen) atoms. The van der Waals surface area contributed by atoms with Crippen LogP contribution in [0.1, 0.15) is 28.8 Å². The van der Waals surface area contributed by atoms with Crippen molar-refractivity contribution in [1.29, 1.82) is 0 Å². The molecule has 0 radical (unpaired) electrons. The Labute approximate surface area is 147 Å². The van der Waals surface area contributed by atoms with Gasteiger partial charge in [-0.25, -0.2) is 4.98 Å². The quantitative estimate of drug-likeness (QED) is 0.873. The molecule has 2 N–H and O–H groups in total. The fourth-order valence-electron chi connectivity index (χ4n) is 2.86. The number of aromatic nitrogens is 2. The van der Waals surface area contributed by atoms with Crippen LogP contribution in [-0.2, 0) is 6.18 Å². The van der Waals surface area contributed by atoms with Crippen LogP contribution in [0.15, 0.2) is 41.5 Å². The summed E-state index contributed by atoms with van der Waals surface area (Å²) in [5.74, 6) is 0.134. The number of pyridine rings is 2. The van der Waals surface area contributed by atoms with Gasteiger partial charge >= 0.3 is 6.18 Å². The van der Waals surface area contributed by atoms with E-state index in [1.807, 2.05) is 4.90 Å². The number of piperidine rings is 1. The van der Waals surface area contributed by atoms with E-state index in [1.165, 1.54) is 24.4 Å². The third-order valence-corrected chi connectivity index (χ3v) is 4.20. The number of H-pyrrole nitrogens is 1. The normalized spacial score (nSPS) is 17.8. The van der Waals surface area contributed by atoms with E-state index < -0.39 is 11.7 Å². The number of anilines is 1. The van der Waals surface area contributed by atoms with Crippen molar-refractivity contribution in [2.24, 2.45) is 0 Å². The van der Waals surface area contributed by atoms with Crippen molar-refractivity contribution in [2.45, 2.75) is 25.1 Å². The van der Waals surface area contributed by atoms with Crippen LogP contribution in [0, 0.1) is 0 Å². The van der Waals surface area contributed by atoms with Crippen LogP contribution in [0.3, 0.4) is 0 Å². The molecule has 0 unspecified atom stereocenters. The summed E-state index contributed by atoms with van der Waals surface area (Å²) in [7, 11) is 0. The number of carbonyl (C=O) groups excluding carboxylic acids is 1. The van der Waals surface area contributed by atoms with Gasteiger partial charge < -0.3 is 15.2 Å². The molecular weight excluding hydrogens is 349 g/mol. The maximum Gasteiger partial charge on any atom is 0.417 e. The molecule has 2 aromatic heterocycles. The summed E-state index contributed by atoms with van der Waals surface area (Å²) in [5, 5.41) is 2.88. The zero-order valence-electron chi connectivity index (χ0n) is 13.7. The molecule has 0 saturated carbocycles. The minimum atomic E-state index is -4.42. The number of amides is 1. The predicted octanol–water partition coefficient (Wildman–Crippen LogP) is 2.19. The summed E-state index contributed by atoms with van der Waals surface area (Å²) in [4.78, 5) is 31.5. The van der Waals surface area contributed by atoms with E-state index in [1.54, 1.807) is 0 Å². The van der Waals surface area contributed by atoms with Gasteiger partial charge in [0.1, 0.15) is 5.82 Å². The highest BCUT2D eigenvalue weighted by Gasteiger charge is 2.31. The molecule has 0 bridgehead atoms. The molecule has 9 heteroatoms. The van der Waals surface area contributed by atoms with Crippen LogP contribution in [0.4, 0.5) is 19.0 Å². The van der Waals surface area contributed by atoms with Crippen molar-refractivity contribution in [3.05, 3.63) is 58.1 Å². The molecule has 0 aromatic carbocycles.